The summed E-state index contributed by atoms with van der Waals surface area (Å²) in [6.45, 7) is 6.30. The van der Waals surface area contributed by atoms with E-state index in [0.717, 1.165) is 77.2 Å². The number of rotatable bonds is 37. The predicted octanol–water partition coefficient (Wildman–Crippen LogP) is 12.0. The number of ether oxygens (including phenoxy) is 3. The zero-order valence-corrected chi connectivity index (χ0v) is 33.2. The average molecular weight is 702 g/mol. The third-order valence-electron chi connectivity index (χ3n) is 8.59. The van der Waals surface area contributed by atoms with Crippen molar-refractivity contribution in [1.29, 1.82) is 0 Å². The van der Waals surface area contributed by atoms with Gasteiger partial charge in [0.15, 0.2) is 6.10 Å². The average Bonchev–Trinajstić information content (AvgIpc) is 3.10. The Morgan fingerprint density at radius 3 is 1.44 bits per heavy atom. The maximum absolute atomic E-state index is 12.6. The molecule has 0 aromatic rings. The van der Waals surface area contributed by atoms with E-state index in [1.807, 2.05) is 14.1 Å². The molecular weight excluding hydrogens is 622 g/mol. The van der Waals surface area contributed by atoms with Crippen LogP contribution in [-0.2, 0) is 23.8 Å². The van der Waals surface area contributed by atoms with E-state index in [1.165, 1.54) is 77.0 Å². The highest BCUT2D eigenvalue weighted by molar-refractivity contribution is 5.70. The van der Waals surface area contributed by atoms with Gasteiger partial charge in [0, 0.05) is 19.4 Å². The summed E-state index contributed by atoms with van der Waals surface area (Å²) in [5.74, 6) is -0.458. The Balaban J connectivity index is 4.11. The van der Waals surface area contributed by atoms with Gasteiger partial charge in [-0.05, 0) is 104 Å². The summed E-state index contributed by atoms with van der Waals surface area (Å²) in [5, 5.41) is 0. The van der Waals surface area contributed by atoms with Crippen molar-refractivity contribution in [2.45, 2.75) is 180 Å². The molecule has 0 aliphatic heterocycles. The lowest BCUT2D eigenvalue weighted by Gasteiger charge is -2.19. The molecule has 0 aromatic carbocycles. The number of carbonyl (C=O) groups is 2. The summed E-state index contributed by atoms with van der Waals surface area (Å²) in [6.07, 6.45) is 44.6. The molecule has 0 aliphatic rings. The first-order chi connectivity index (χ1) is 24.5. The van der Waals surface area contributed by atoms with Gasteiger partial charge in [-0.25, -0.2) is 0 Å². The second-order valence-corrected chi connectivity index (χ2v) is 14.0. The Bertz CT molecular complexity index is 862. The van der Waals surface area contributed by atoms with Crippen molar-refractivity contribution in [2.75, 3.05) is 40.5 Å². The molecule has 50 heavy (non-hydrogen) atoms. The molecule has 6 nitrogen and oxygen atoms in total. The molecule has 0 saturated carbocycles. The minimum absolute atomic E-state index is 0.0562. The molecule has 0 spiro atoms. The lowest BCUT2D eigenvalue weighted by molar-refractivity contribution is -0.163. The zero-order chi connectivity index (χ0) is 36.6. The first kappa shape index (κ1) is 47.8. The van der Waals surface area contributed by atoms with E-state index in [0.29, 0.717) is 19.4 Å². The smallest absolute Gasteiger partial charge is 0.306 e. The SMILES string of the molecule is CCCCC/C=C\C/C=C\CCCCCCCC(=O)OC[C@H](COCCCN(C)C)OC(=O)CCCCCCC/C=C\C/C=C\CCCCC. The van der Waals surface area contributed by atoms with Gasteiger partial charge >= 0.3 is 11.9 Å². The van der Waals surface area contributed by atoms with Crippen LogP contribution >= 0.6 is 0 Å². The molecule has 0 N–H and O–H groups in total. The molecule has 0 aromatic heterocycles. The zero-order valence-electron chi connectivity index (χ0n) is 33.2. The van der Waals surface area contributed by atoms with Gasteiger partial charge in [0.25, 0.3) is 0 Å². The van der Waals surface area contributed by atoms with Crippen LogP contribution in [0.5, 0.6) is 0 Å². The monoisotopic (exact) mass is 702 g/mol. The maximum atomic E-state index is 12.6. The number of nitrogens with zero attached hydrogens (tertiary/aromatic N) is 1. The highest BCUT2D eigenvalue weighted by Crippen LogP contribution is 2.12. The van der Waals surface area contributed by atoms with Gasteiger partial charge in [-0.15, -0.1) is 0 Å². The molecule has 290 valence electrons. The molecule has 0 bridgehead atoms. The van der Waals surface area contributed by atoms with Crippen molar-refractivity contribution >= 4 is 11.9 Å². The highest BCUT2D eigenvalue weighted by atomic mass is 16.6. The fourth-order valence-electron chi connectivity index (χ4n) is 5.48. The lowest BCUT2D eigenvalue weighted by Crippen LogP contribution is -2.30. The number of allylic oxidation sites excluding steroid dienone is 8. The minimum atomic E-state index is -0.562. The summed E-state index contributed by atoms with van der Waals surface area (Å²) in [4.78, 5) is 27.1. The number of esters is 2. The van der Waals surface area contributed by atoms with Crippen molar-refractivity contribution in [3.8, 4) is 0 Å². The Hall–Kier alpha value is -2.18. The van der Waals surface area contributed by atoms with Crippen LogP contribution in [0.25, 0.3) is 0 Å². The molecule has 0 unspecified atom stereocenters. The normalized spacial score (nSPS) is 12.7. The quantitative estimate of drug-likeness (QED) is 0.0365. The molecule has 0 radical (unpaired) electrons. The Labute approximate surface area is 309 Å². The van der Waals surface area contributed by atoms with Crippen molar-refractivity contribution in [3.63, 3.8) is 0 Å². The fraction of sp³-hybridized carbons (Fsp3) is 0.773. The van der Waals surface area contributed by atoms with Crippen LogP contribution in [0.1, 0.15) is 174 Å². The first-order valence-corrected chi connectivity index (χ1v) is 20.7. The van der Waals surface area contributed by atoms with Crippen LogP contribution in [-0.4, -0.2) is 63.4 Å². The third-order valence-corrected chi connectivity index (χ3v) is 8.59. The fourth-order valence-corrected chi connectivity index (χ4v) is 5.48. The van der Waals surface area contributed by atoms with Gasteiger partial charge in [-0.3, -0.25) is 9.59 Å². The second-order valence-electron chi connectivity index (χ2n) is 14.0. The van der Waals surface area contributed by atoms with E-state index in [1.54, 1.807) is 0 Å². The summed E-state index contributed by atoms with van der Waals surface area (Å²) in [6, 6.07) is 0. The minimum Gasteiger partial charge on any atom is -0.462 e. The first-order valence-electron chi connectivity index (χ1n) is 20.7. The number of unbranched alkanes of at least 4 members (excludes halogenated alkanes) is 16. The Kier molecular flexibility index (Phi) is 37.9. The van der Waals surface area contributed by atoms with Gasteiger partial charge in [0.1, 0.15) is 6.61 Å². The van der Waals surface area contributed by atoms with E-state index >= 15 is 0 Å². The van der Waals surface area contributed by atoms with E-state index in [-0.39, 0.29) is 25.2 Å². The lowest BCUT2D eigenvalue weighted by atomic mass is 10.1. The number of carbonyl (C=O) groups excluding carboxylic acids is 2. The third kappa shape index (κ3) is 38.6. The van der Waals surface area contributed by atoms with Crippen molar-refractivity contribution in [1.82, 2.24) is 4.90 Å². The highest BCUT2D eigenvalue weighted by Gasteiger charge is 2.17. The Morgan fingerprint density at radius 1 is 0.520 bits per heavy atom. The number of hydrogen-bond donors (Lipinski definition) is 0. The maximum Gasteiger partial charge on any atom is 0.306 e. The van der Waals surface area contributed by atoms with E-state index in [4.69, 9.17) is 14.2 Å². The molecule has 0 heterocycles. The molecule has 0 saturated heterocycles. The standard InChI is InChI=1S/C44H79NO5/c1-5-7-9-11-13-15-17-19-21-23-25-27-29-31-33-36-43(46)49-41-42(40-48-39-35-38-45(3)4)50-44(47)37-34-32-30-28-26-24-22-20-18-16-14-12-10-8-6-2/h13-16,19-22,42H,5-12,17-18,23-41H2,1-4H3/b15-13-,16-14-,21-19-,22-20-/t42-/m0/s1. The van der Waals surface area contributed by atoms with Crippen LogP contribution < -0.4 is 0 Å². The molecule has 0 aliphatic carbocycles. The van der Waals surface area contributed by atoms with E-state index in [2.05, 4.69) is 67.4 Å². The molecular formula is C44H79NO5. The van der Waals surface area contributed by atoms with Gasteiger partial charge in [-0.2, -0.15) is 0 Å². The molecule has 0 amide bonds. The van der Waals surface area contributed by atoms with Crippen molar-refractivity contribution in [3.05, 3.63) is 48.6 Å². The predicted molar refractivity (Wildman–Crippen MR) is 214 cm³/mol. The van der Waals surface area contributed by atoms with Crippen LogP contribution in [0.3, 0.4) is 0 Å². The summed E-state index contributed by atoms with van der Waals surface area (Å²) >= 11 is 0. The van der Waals surface area contributed by atoms with Gasteiger partial charge in [0.05, 0.1) is 6.61 Å². The second kappa shape index (κ2) is 39.6. The largest absolute Gasteiger partial charge is 0.462 e. The van der Waals surface area contributed by atoms with Gasteiger partial charge < -0.3 is 19.1 Å². The molecule has 1 atom stereocenters. The van der Waals surface area contributed by atoms with E-state index < -0.39 is 6.10 Å². The van der Waals surface area contributed by atoms with Gasteiger partial charge in [0.2, 0.25) is 0 Å². The van der Waals surface area contributed by atoms with Gasteiger partial charge in [-0.1, -0.05) is 127 Å². The summed E-state index contributed by atoms with van der Waals surface area (Å²) in [7, 11) is 4.07. The summed E-state index contributed by atoms with van der Waals surface area (Å²) in [5.41, 5.74) is 0. The van der Waals surface area contributed by atoms with Crippen LogP contribution in [0.15, 0.2) is 48.6 Å². The molecule has 0 rings (SSSR count). The molecule has 0 fully saturated rings. The molecule has 6 heteroatoms. The number of hydrogen-bond acceptors (Lipinski definition) is 6. The van der Waals surface area contributed by atoms with Crippen LogP contribution in [0, 0.1) is 0 Å². The van der Waals surface area contributed by atoms with Crippen LogP contribution in [0.4, 0.5) is 0 Å². The van der Waals surface area contributed by atoms with E-state index in [9.17, 15) is 9.59 Å². The van der Waals surface area contributed by atoms with Crippen molar-refractivity contribution in [2.24, 2.45) is 0 Å². The van der Waals surface area contributed by atoms with Crippen molar-refractivity contribution < 1.29 is 23.8 Å². The van der Waals surface area contributed by atoms with Crippen LogP contribution in [0.2, 0.25) is 0 Å². The Morgan fingerprint density at radius 2 is 0.960 bits per heavy atom. The summed E-state index contributed by atoms with van der Waals surface area (Å²) < 4.78 is 17.0. The topological polar surface area (TPSA) is 65.1 Å².